The molecule has 0 amide bonds. The topological polar surface area (TPSA) is 37.5 Å². The van der Waals surface area contributed by atoms with Gasteiger partial charge in [-0.2, -0.15) is 0 Å². The van der Waals surface area contributed by atoms with Crippen molar-refractivity contribution >= 4 is 28.8 Å². The van der Waals surface area contributed by atoms with Crippen molar-refractivity contribution in [1.82, 2.24) is 9.38 Å². The molecule has 5 heteroatoms. The third-order valence-electron chi connectivity index (χ3n) is 4.12. The van der Waals surface area contributed by atoms with Crippen LogP contribution < -0.4 is 0 Å². The van der Waals surface area contributed by atoms with Crippen molar-refractivity contribution < 1.29 is 5.11 Å². The molecular formula is C20H14Cl2N2O. The number of imidazole rings is 1. The molecule has 1 N–H and O–H groups in total. The zero-order chi connectivity index (χ0) is 17.4. The summed E-state index contributed by atoms with van der Waals surface area (Å²) >= 11 is 12.5. The molecule has 124 valence electrons. The minimum atomic E-state index is 0.0165. The minimum absolute atomic E-state index is 0.0165. The van der Waals surface area contributed by atoms with Gasteiger partial charge in [0.05, 0.1) is 6.61 Å². The van der Waals surface area contributed by atoms with Gasteiger partial charge >= 0.3 is 0 Å². The van der Waals surface area contributed by atoms with E-state index in [2.05, 4.69) is 4.98 Å². The second-order valence-electron chi connectivity index (χ2n) is 5.76. The van der Waals surface area contributed by atoms with Crippen LogP contribution in [-0.4, -0.2) is 14.5 Å². The summed E-state index contributed by atoms with van der Waals surface area (Å²) in [7, 11) is 0. The number of benzene rings is 2. The smallest absolute Gasteiger partial charge is 0.141 e. The van der Waals surface area contributed by atoms with Crippen LogP contribution in [0.4, 0.5) is 0 Å². The van der Waals surface area contributed by atoms with Crippen molar-refractivity contribution in [2.45, 2.75) is 6.61 Å². The van der Waals surface area contributed by atoms with Gasteiger partial charge in [-0.3, -0.25) is 4.40 Å². The van der Waals surface area contributed by atoms with Crippen molar-refractivity contribution in [3.63, 3.8) is 0 Å². The molecule has 3 nitrogen and oxygen atoms in total. The second kappa shape index (κ2) is 6.52. The molecule has 0 radical (unpaired) electrons. The Labute approximate surface area is 155 Å². The number of hydrogen-bond donors (Lipinski definition) is 1. The predicted molar refractivity (Wildman–Crippen MR) is 102 cm³/mol. The molecule has 2 aromatic heterocycles. The van der Waals surface area contributed by atoms with E-state index in [4.69, 9.17) is 23.2 Å². The van der Waals surface area contributed by atoms with Gasteiger partial charge < -0.3 is 5.11 Å². The van der Waals surface area contributed by atoms with Gasteiger partial charge in [-0.15, -0.1) is 0 Å². The van der Waals surface area contributed by atoms with Crippen molar-refractivity contribution in [1.29, 1.82) is 0 Å². The van der Waals surface area contributed by atoms with E-state index in [1.165, 1.54) is 0 Å². The highest BCUT2D eigenvalue weighted by atomic mass is 35.5. The number of rotatable bonds is 3. The Bertz CT molecular complexity index is 1060. The Morgan fingerprint density at radius 1 is 0.880 bits per heavy atom. The van der Waals surface area contributed by atoms with Crippen LogP contribution in [0.25, 0.3) is 28.0 Å². The Morgan fingerprint density at radius 3 is 2.40 bits per heavy atom. The summed E-state index contributed by atoms with van der Waals surface area (Å²) in [5, 5.41) is 10.6. The molecule has 0 bridgehead atoms. The van der Waals surface area contributed by atoms with Crippen LogP contribution in [0.3, 0.4) is 0 Å². The largest absolute Gasteiger partial charge is 0.392 e. The van der Waals surface area contributed by atoms with Crippen LogP contribution in [0.15, 0.2) is 66.9 Å². The third kappa shape index (κ3) is 3.02. The van der Waals surface area contributed by atoms with Crippen LogP contribution in [0.1, 0.15) is 5.56 Å². The lowest BCUT2D eigenvalue weighted by molar-refractivity contribution is 0.282. The third-order valence-corrected chi connectivity index (χ3v) is 4.73. The quantitative estimate of drug-likeness (QED) is 0.520. The number of aliphatic hydroxyl groups excluding tert-OH is 1. The molecule has 0 atom stereocenters. The normalized spacial score (nSPS) is 11.2. The number of aromatic nitrogens is 2. The summed E-state index contributed by atoms with van der Waals surface area (Å²) in [4.78, 5) is 4.63. The zero-order valence-electron chi connectivity index (χ0n) is 13.2. The average Bonchev–Trinajstić information content (AvgIpc) is 2.98. The van der Waals surface area contributed by atoms with E-state index in [0.717, 1.165) is 33.6 Å². The summed E-state index contributed by atoms with van der Waals surface area (Å²) in [6.07, 6.45) is 1.96. The first kappa shape index (κ1) is 16.2. The number of aliphatic hydroxyl groups is 1. The number of fused-ring (bicyclic) bond motifs is 1. The van der Waals surface area contributed by atoms with Crippen LogP contribution in [0.2, 0.25) is 10.2 Å². The summed E-state index contributed by atoms with van der Waals surface area (Å²) in [6, 6.07) is 19.2. The molecule has 0 saturated carbocycles. The van der Waals surface area contributed by atoms with E-state index < -0.39 is 0 Å². The summed E-state index contributed by atoms with van der Waals surface area (Å²) in [5.41, 5.74) is 5.31. The Kier molecular flexibility index (Phi) is 4.22. The van der Waals surface area contributed by atoms with Gasteiger partial charge in [0.1, 0.15) is 16.5 Å². The van der Waals surface area contributed by atoms with E-state index in [0.29, 0.717) is 10.2 Å². The molecule has 4 rings (SSSR count). The maximum atomic E-state index is 9.33. The van der Waals surface area contributed by atoms with Gasteiger partial charge in [0.2, 0.25) is 0 Å². The molecule has 25 heavy (non-hydrogen) atoms. The fourth-order valence-electron chi connectivity index (χ4n) is 2.83. The number of halogens is 2. The van der Waals surface area contributed by atoms with Crippen LogP contribution in [0, 0.1) is 0 Å². The molecule has 2 heterocycles. The summed E-state index contributed by atoms with van der Waals surface area (Å²) in [5.74, 6) is 0. The maximum Gasteiger partial charge on any atom is 0.141 e. The first-order valence-corrected chi connectivity index (χ1v) is 8.55. The fourth-order valence-corrected chi connectivity index (χ4v) is 3.24. The lowest BCUT2D eigenvalue weighted by Gasteiger charge is -2.05. The SMILES string of the molecule is OCc1cccc(-c2ccc3nc(-c4ccc(Cl)cc4)c(Cl)n3c2)c1. The number of nitrogens with zero attached hydrogens (tertiary/aromatic N) is 2. The highest BCUT2D eigenvalue weighted by Gasteiger charge is 2.13. The second-order valence-corrected chi connectivity index (χ2v) is 6.56. The van der Waals surface area contributed by atoms with Crippen LogP contribution in [-0.2, 0) is 6.61 Å². The van der Waals surface area contributed by atoms with E-state index in [1.807, 2.05) is 71.3 Å². The Balaban J connectivity index is 1.83. The van der Waals surface area contributed by atoms with Crippen molar-refractivity contribution in [2.75, 3.05) is 0 Å². The molecule has 0 aliphatic rings. The molecule has 0 aliphatic carbocycles. The summed E-state index contributed by atoms with van der Waals surface area (Å²) < 4.78 is 1.87. The van der Waals surface area contributed by atoms with Crippen LogP contribution >= 0.6 is 23.2 Å². The van der Waals surface area contributed by atoms with Crippen LogP contribution in [0.5, 0.6) is 0 Å². The van der Waals surface area contributed by atoms with Crippen molar-refractivity contribution in [2.24, 2.45) is 0 Å². The van der Waals surface area contributed by atoms with Gasteiger partial charge in [0.15, 0.2) is 0 Å². The van der Waals surface area contributed by atoms with Crippen molar-refractivity contribution in [3.05, 3.63) is 82.6 Å². The molecule has 0 unspecified atom stereocenters. The molecule has 0 saturated heterocycles. The lowest BCUT2D eigenvalue weighted by Crippen LogP contribution is -1.89. The lowest BCUT2D eigenvalue weighted by atomic mass is 10.1. The van der Waals surface area contributed by atoms with E-state index in [1.54, 1.807) is 0 Å². The van der Waals surface area contributed by atoms with E-state index in [-0.39, 0.29) is 6.61 Å². The average molecular weight is 369 g/mol. The van der Waals surface area contributed by atoms with E-state index in [9.17, 15) is 5.11 Å². The molecule has 4 aromatic rings. The zero-order valence-corrected chi connectivity index (χ0v) is 14.7. The molecule has 0 aliphatic heterocycles. The molecular weight excluding hydrogens is 355 g/mol. The number of pyridine rings is 1. The Hall–Kier alpha value is -2.33. The predicted octanol–water partition coefficient (Wildman–Crippen LogP) is 5.47. The number of hydrogen-bond acceptors (Lipinski definition) is 2. The van der Waals surface area contributed by atoms with Gasteiger partial charge in [0.25, 0.3) is 0 Å². The molecule has 0 spiro atoms. The highest BCUT2D eigenvalue weighted by Crippen LogP contribution is 2.31. The molecule has 0 fully saturated rings. The Morgan fingerprint density at radius 2 is 1.64 bits per heavy atom. The van der Waals surface area contributed by atoms with Gasteiger partial charge in [0, 0.05) is 16.8 Å². The maximum absolute atomic E-state index is 9.33. The summed E-state index contributed by atoms with van der Waals surface area (Å²) in [6.45, 7) is 0.0165. The fraction of sp³-hybridized carbons (Fsp3) is 0.0500. The monoisotopic (exact) mass is 368 g/mol. The minimum Gasteiger partial charge on any atom is -0.392 e. The van der Waals surface area contributed by atoms with Crippen molar-refractivity contribution in [3.8, 4) is 22.4 Å². The van der Waals surface area contributed by atoms with Gasteiger partial charge in [-0.1, -0.05) is 53.5 Å². The molecule has 2 aromatic carbocycles. The standard InChI is InChI=1S/C20H14Cl2N2O/c21-17-7-4-14(5-8-17)19-20(22)24-11-16(6-9-18(24)23-19)15-3-1-2-13(10-15)12-25/h1-11,25H,12H2. The van der Waals surface area contributed by atoms with Gasteiger partial charge in [-0.25, -0.2) is 4.98 Å². The van der Waals surface area contributed by atoms with E-state index >= 15 is 0 Å². The van der Waals surface area contributed by atoms with Gasteiger partial charge in [-0.05, 0) is 47.0 Å². The first-order chi connectivity index (χ1) is 12.2. The first-order valence-electron chi connectivity index (χ1n) is 7.79. The highest BCUT2D eigenvalue weighted by molar-refractivity contribution is 6.32.